The molecule has 1 aromatic heterocycles. The number of ether oxygens (including phenoxy) is 1. The average Bonchev–Trinajstić information content (AvgIpc) is 3.04. The summed E-state index contributed by atoms with van der Waals surface area (Å²) in [4.78, 5) is 12.5. The number of nitrogens with one attached hydrogen (secondary N) is 1. The van der Waals surface area contributed by atoms with Crippen LogP contribution in [0.25, 0.3) is 0 Å². The van der Waals surface area contributed by atoms with E-state index in [0.29, 0.717) is 22.9 Å². The molecule has 158 valence electrons. The molecule has 0 aliphatic carbocycles. The molecule has 0 fully saturated rings. The third kappa shape index (κ3) is 5.75. The molecule has 2 N–H and O–H groups in total. The first-order chi connectivity index (χ1) is 14.3. The molecule has 0 spiro atoms. The van der Waals surface area contributed by atoms with Crippen molar-refractivity contribution in [2.75, 3.05) is 13.2 Å². The van der Waals surface area contributed by atoms with E-state index in [4.69, 9.17) is 27.9 Å². The number of halogens is 2. The number of hydrogen-bond acceptors (Lipinski definition) is 4. The Labute approximate surface area is 185 Å². The summed E-state index contributed by atoms with van der Waals surface area (Å²) in [6.07, 6.45) is -0.901. The van der Waals surface area contributed by atoms with E-state index in [1.165, 1.54) is 0 Å². The van der Waals surface area contributed by atoms with E-state index in [1.54, 1.807) is 24.3 Å². The van der Waals surface area contributed by atoms with Crippen LogP contribution in [0.2, 0.25) is 10.0 Å². The average molecular weight is 448 g/mol. The van der Waals surface area contributed by atoms with Crippen LogP contribution >= 0.6 is 23.2 Å². The molecule has 1 unspecified atom stereocenters. The molecule has 3 aromatic rings. The van der Waals surface area contributed by atoms with E-state index in [0.717, 1.165) is 17.0 Å². The Hall–Kier alpha value is -2.54. The van der Waals surface area contributed by atoms with E-state index in [2.05, 4.69) is 10.4 Å². The molecule has 1 atom stereocenters. The molecule has 8 heteroatoms. The third-order valence-electron chi connectivity index (χ3n) is 4.47. The van der Waals surface area contributed by atoms with Gasteiger partial charge in [-0.15, -0.1) is 0 Å². The summed E-state index contributed by atoms with van der Waals surface area (Å²) in [7, 11) is 0. The van der Waals surface area contributed by atoms with Gasteiger partial charge in [-0.3, -0.25) is 9.48 Å². The minimum atomic E-state index is -0.901. The van der Waals surface area contributed by atoms with Crippen LogP contribution in [0.1, 0.15) is 27.3 Å². The van der Waals surface area contributed by atoms with Crippen molar-refractivity contribution in [3.05, 3.63) is 81.1 Å². The predicted molar refractivity (Wildman–Crippen MR) is 118 cm³/mol. The number of rotatable bonds is 8. The highest BCUT2D eigenvalue weighted by atomic mass is 35.5. The Morgan fingerprint density at radius 2 is 1.97 bits per heavy atom. The Morgan fingerprint density at radius 3 is 2.70 bits per heavy atom. The van der Waals surface area contributed by atoms with Gasteiger partial charge >= 0.3 is 0 Å². The molecule has 1 heterocycles. The van der Waals surface area contributed by atoms with Crippen LogP contribution < -0.4 is 10.1 Å². The highest BCUT2D eigenvalue weighted by Gasteiger charge is 2.12. The van der Waals surface area contributed by atoms with Gasteiger partial charge in [-0.1, -0.05) is 41.4 Å². The first kappa shape index (κ1) is 22.2. The molecule has 0 bridgehead atoms. The lowest BCUT2D eigenvalue weighted by atomic mass is 10.1. The molecule has 0 radical (unpaired) electrons. The minimum Gasteiger partial charge on any atom is -0.489 e. The largest absolute Gasteiger partial charge is 0.489 e. The number of nitrogens with zero attached hydrogens (tertiary/aromatic N) is 2. The fourth-order valence-electron chi connectivity index (χ4n) is 2.97. The quantitative estimate of drug-likeness (QED) is 0.546. The van der Waals surface area contributed by atoms with Crippen LogP contribution in [0.3, 0.4) is 0 Å². The lowest BCUT2D eigenvalue weighted by molar-refractivity contribution is 0.0844. The predicted octanol–water partition coefficient (Wildman–Crippen LogP) is 4.02. The van der Waals surface area contributed by atoms with Gasteiger partial charge < -0.3 is 15.2 Å². The van der Waals surface area contributed by atoms with Crippen molar-refractivity contribution in [1.29, 1.82) is 0 Å². The van der Waals surface area contributed by atoms with Crippen molar-refractivity contribution in [3.63, 3.8) is 0 Å². The molecule has 0 aliphatic heterocycles. The standard InChI is InChI=1S/C22H23Cl2N3O3/c1-14-9-15(2)27(26-14)12-16-5-3-6-17(10-16)22(29)25-11-18(28)13-30-20-8-4-7-19(23)21(20)24/h3-10,18,28H,11-13H2,1-2H3,(H,25,29). The van der Waals surface area contributed by atoms with Crippen molar-refractivity contribution in [2.45, 2.75) is 26.5 Å². The lowest BCUT2D eigenvalue weighted by Crippen LogP contribution is -2.35. The molecule has 0 saturated carbocycles. The zero-order valence-corrected chi connectivity index (χ0v) is 18.2. The van der Waals surface area contributed by atoms with Crippen molar-refractivity contribution in [2.24, 2.45) is 0 Å². The van der Waals surface area contributed by atoms with Gasteiger partial charge in [0.25, 0.3) is 5.91 Å². The molecule has 3 rings (SSSR count). The van der Waals surface area contributed by atoms with Crippen LogP contribution in [0.4, 0.5) is 0 Å². The van der Waals surface area contributed by atoms with Crippen LogP contribution in [0.15, 0.2) is 48.5 Å². The molecular weight excluding hydrogens is 425 g/mol. The van der Waals surface area contributed by atoms with Gasteiger partial charge in [0.05, 0.1) is 17.3 Å². The van der Waals surface area contributed by atoms with Gasteiger partial charge in [-0.25, -0.2) is 0 Å². The van der Waals surface area contributed by atoms with Gasteiger partial charge in [0.2, 0.25) is 0 Å². The molecule has 0 aliphatic rings. The number of amides is 1. The maximum atomic E-state index is 12.5. The summed E-state index contributed by atoms with van der Waals surface area (Å²) in [6, 6.07) is 14.4. The fraction of sp³-hybridized carbons (Fsp3) is 0.273. The SMILES string of the molecule is Cc1cc(C)n(Cc2cccc(C(=O)NCC(O)COc3cccc(Cl)c3Cl)c2)n1. The second-order valence-electron chi connectivity index (χ2n) is 7.01. The summed E-state index contributed by atoms with van der Waals surface area (Å²) in [5.41, 5.74) is 3.50. The number of aliphatic hydroxyl groups excluding tert-OH is 1. The molecule has 2 aromatic carbocycles. The first-order valence-electron chi connectivity index (χ1n) is 9.46. The monoisotopic (exact) mass is 447 g/mol. The lowest BCUT2D eigenvalue weighted by Gasteiger charge is -2.14. The topological polar surface area (TPSA) is 76.4 Å². The third-order valence-corrected chi connectivity index (χ3v) is 5.27. The van der Waals surface area contributed by atoms with Crippen molar-refractivity contribution >= 4 is 29.1 Å². The highest BCUT2D eigenvalue weighted by Crippen LogP contribution is 2.31. The second kappa shape index (κ2) is 9.98. The molecule has 30 heavy (non-hydrogen) atoms. The van der Waals surface area contributed by atoms with E-state index in [-0.39, 0.29) is 24.1 Å². The minimum absolute atomic E-state index is 0.0295. The van der Waals surface area contributed by atoms with Gasteiger partial charge in [0.15, 0.2) is 0 Å². The molecule has 6 nitrogen and oxygen atoms in total. The summed E-state index contributed by atoms with van der Waals surface area (Å²) in [5.74, 6) is 0.108. The highest BCUT2D eigenvalue weighted by molar-refractivity contribution is 6.42. The summed E-state index contributed by atoms with van der Waals surface area (Å²) in [5, 5.41) is 17.9. The van der Waals surface area contributed by atoms with E-state index in [1.807, 2.05) is 42.8 Å². The Kier molecular flexibility index (Phi) is 7.37. The number of aryl methyl sites for hydroxylation is 2. The normalized spacial score (nSPS) is 11.9. The van der Waals surface area contributed by atoms with Crippen LogP contribution in [-0.4, -0.2) is 40.0 Å². The van der Waals surface area contributed by atoms with E-state index >= 15 is 0 Å². The number of aliphatic hydroxyl groups is 1. The van der Waals surface area contributed by atoms with Crippen LogP contribution in [-0.2, 0) is 6.54 Å². The number of aromatic nitrogens is 2. The van der Waals surface area contributed by atoms with E-state index in [9.17, 15) is 9.90 Å². The van der Waals surface area contributed by atoms with Gasteiger partial charge in [0.1, 0.15) is 23.5 Å². The first-order valence-corrected chi connectivity index (χ1v) is 10.2. The van der Waals surface area contributed by atoms with Crippen molar-refractivity contribution in [1.82, 2.24) is 15.1 Å². The van der Waals surface area contributed by atoms with Gasteiger partial charge in [0, 0.05) is 17.8 Å². The second-order valence-corrected chi connectivity index (χ2v) is 7.80. The maximum absolute atomic E-state index is 12.5. The zero-order valence-electron chi connectivity index (χ0n) is 16.7. The Morgan fingerprint density at radius 1 is 1.20 bits per heavy atom. The summed E-state index contributed by atoms with van der Waals surface area (Å²) in [6.45, 7) is 4.54. The van der Waals surface area contributed by atoms with Crippen LogP contribution in [0, 0.1) is 13.8 Å². The molecular formula is C22H23Cl2N3O3. The molecule has 1 amide bonds. The van der Waals surface area contributed by atoms with Gasteiger partial charge in [-0.2, -0.15) is 5.10 Å². The smallest absolute Gasteiger partial charge is 0.251 e. The molecule has 0 saturated heterocycles. The van der Waals surface area contributed by atoms with Crippen LogP contribution in [0.5, 0.6) is 5.75 Å². The Bertz CT molecular complexity index is 1040. The van der Waals surface area contributed by atoms with Crippen molar-refractivity contribution < 1.29 is 14.6 Å². The maximum Gasteiger partial charge on any atom is 0.251 e. The fourth-order valence-corrected chi connectivity index (χ4v) is 3.32. The number of carbonyl (C=O) groups is 1. The summed E-state index contributed by atoms with van der Waals surface area (Å²) >= 11 is 12.0. The van der Waals surface area contributed by atoms with E-state index < -0.39 is 6.10 Å². The van der Waals surface area contributed by atoms with Crippen molar-refractivity contribution in [3.8, 4) is 5.75 Å². The number of hydrogen-bond donors (Lipinski definition) is 2. The number of carbonyl (C=O) groups excluding carboxylic acids is 1. The van der Waals surface area contributed by atoms with Gasteiger partial charge in [-0.05, 0) is 49.7 Å². The summed E-state index contributed by atoms with van der Waals surface area (Å²) < 4.78 is 7.39. The number of benzene rings is 2. The zero-order chi connectivity index (χ0) is 21.7. The Balaban J connectivity index is 1.53.